The van der Waals surface area contributed by atoms with Gasteiger partial charge in [0, 0.05) is 29.5 Å². The molecule has 0 bridgehead atoms. The van der Waals surface area contributed by atoms with E-state index in [2.05, 4.69) is 36.1 Å². The van der Waals surface area contributed by atoms with Crippen molar-refractivity contribution in [3.05, 3.63) is 64.4 Å². The molecule has 0 radical (unpaired) electrons. The summed E-state index contributed by atoms with van der Waals surface area (Å²) in [6.07, 6.45) is 0. The van der Waals surface area contributed by atoms with Crippen molar-refractivity contribution in [1.29, 1.82) is 0 Å². The third kappa shape index (κ3) is 3.64. The van der Waals surface area contributed by atoms with E-state index >= 15 is 0 Å². The molecule has 0 unspecified atom stereocenters. The largest absolute Gasteiger partial charge is 0.450 e. The summed E-state index contributed by atoms with van der Waals surface area (Å²) in [5, 5.41) is 3.79. The molecule has 30 heavy (non-hydrogen) atoms. The number of morpholine rings is 1. The highest BCUT2D eigenvalue weighted by Crippen LogP contribution is 2.33. The molecule has 4 aromatic rings. The maximum Gasteiger partial charge on any atom is 0.289 e. The second-order valence-electron chi connectivity index (χ2n) is 7.06. The highest BCUT2D eigenvalue weighted by molar-refractivity contribution is 9.10. The lowest BCUT2D eigenvalue weighted by molar-refractivity contribution is 0.0940. The third-order valence-corrected chi connectivity index (χ3v) is 5.55. The van der Waals surface area contributed by atoms with Gasteiger partial charge in [-0.2, -0.15) is 0 Å². The van der Waals surface area contributed by atoms with Crippen LogP contribution in [0.25, 0.3) is 22.1 Å². The number of aromatic nitrogens is 2. The minimum Gasteiger partial charge on any atom is -0.450 e. The van der Waals surface area contributed by atoms with Crippen molar-refractivity contribution < 1.29 is 13.9 Å². The first-order chi connectivity index (χ1) is 14.7. The molecule has 3 heterocycles. The number of rotatable bonds is 4. The number of anilines is 1. The zero-order valence-electron chi connectivity index (χ0n) is 16.1. The maximum atomic E-state index is 12.9. The van der Waals surface area contributed by atoms with Gasteiger partial charge in [-0.15, -0.1) is 0 Å². The van der Waals surface area contributed by atoms with E-state index in [9.17, 15) is 4.79 Å². The molecular formula is C22H19BrN4O3. The van der Waals surface area contributed by atoms with Crippen LogP contribution in [0.1, 0.15) is 16.2 Å². The molecule has 2 aromatic heterocycles. The first kappa shape index (κ1) is 19.0. The second kappa shape index (κ2) is 8.04. The number of ether oxygens (including phenoxy) is 1. The molecule has 5 rings (SSSR count). The van der Waals surface area contributed by atoms with Crippen LogP contribution in [-0.4, -0.2) is 42.2 Å². The fourth-order valence-electron chi connectivity index (χ4n) is 3.58. The van der Waals surface area contributed by atoms with Gasteiger partial charge >= 0.3 is 0 Å². The molecule has 152 valence electrons. The molecule has 1 saturated heterocycles. The van der Waals surface area contributed by atoms with Gasteiger partial charge in [0.25, 0.3) is 5.91 Å². The summed E-state index contributed by atoms with van der Waals surface area (Å²) in [5.41, 5.74) is 2.96. The van der Waals surface area contributed by atoms with Crippen LogP contribution in [0.15, 0.2) is 57.4 Å². The molecule has 1 amide bonds. The van der Waals surface area contributed by atoms with Crippen molar-refractivity contribution >= 4 is 49.7 Å². The molecule has 0 aliphatic carbocycles. The SMILES string of the molecule is O=C(NCc1cccc(Br)c1)c1nc(N2CCOCC2)c2oc3ccccc3c2n1. The van der Waals surface area contributed by atoms with Gasteiger partial charge in [-0.3, -0.25) is 4.79 Å². The van der Waals surface area contributed by atoms with Crippen molar-refractivity contribution in [2.24, 2.45) is 0 Å². The van der Waals surface area contributed by atoms with Gasteiger partial charge in [0.15, 0.2) is 11.4 Å². The number of para-hydroxylation sites is 1. The number of nitrogens with one attached hydrogen (secondary N) is 1. The number of carbonyl (C=O) groups is 1. The van der Waals surface area contributed by atoms with Gasteiger partial charge in [0.1, 0.15) is 11.1 Å². The molecule has 1 aliphatic rings. The average molecular weight is 467 g/mol. The summed E-state index contributed by atoms with van der Waals surface area (Å²) in [6.45, 7) is 2.97. The number of nitrogens with zero attached hydrogens (tertiary/aromatic N) is 3. The number of halogens is 1. The summed E-state index contributed by atoms with van der Waals surface area (Å²) < 4.78 is 12.5. The molecule has 0 saturated carbocycles. The Hall–Kier alpha value is -2.97. The van der Waals surface area contributed by atoms with Crippen molar-refractivity contribution in [2.45, 2.75) is 6.54 Å². The molecule has 2 aromatic carbocycles. The third-order valence-electron chi connectivity index (χ3n) is 5.06. The zero-order chi connectivity index (χ0) is 20.5. The van der Waals surface area contributed by atoms with Crippen molar-refractivity contribution in [1.82, 2.24) is 15.3 Å². The van der Waals surface area contributed by atoms with E-state index in [4.69, 9.17) is 9.15 Å². The van der Waals surface area contributed by atoms with Gasteiger partial charge in [-0.25, -0.2) is 9.97 Å². The average Bonchev–Trinajstić information content (AvgIpc) is 3.16. The molecule has 8 heteroatoms. The lowest BCUT2D eigenvalue weighted by Crippen LogP contribution is -2.37. The fourth-order valence-corrected chi connectivity index (χ4v) is 4.02. The van der Waals surface area contributed by atoms with Gasteiger partial charge in [0.05, 0.1) is 13.2 Å². The molecule has 7 nitrogen and oxygen atoms in total. The topological polar surface area (TPSA) is 80.5 Å². The Morgan fingerprint density at radius 2 is 1.93 bits per heavy atom. The maximum absolute atomic E-state index is 12.9. The van der Waals surface area contributed by atoms with Gasteiger partial charge in [-0.1, -0.05) is 40.2 Å². The number of hydrogen-bond donors (Lipinski definition) is 1. The first-order valence-electron chi connectivity index (χ1n) is 9.74. The Morgan fingerprint density at radius 1 is 1.10 bits per heavy atom. The van der Waals surface area contributed by atoms with E-state index in [-0.39, 0.29) is 11.7 Å². The quantitative estimate of drug-likeness (QED) is 0.491. The lowest BCUT2D eigenvalue weighted by atomic mass is 10.2. The highest BCUT2D eigenvalue weighted by atomic mass is 79.9. The minimum absolute atomic E-state index is 0.130. The number of amides is 1. The number of hydrogen-bond acceptors (Lipinski definition) is 6. The Kier molecular flexibility index (Phi) is 5.10. The summed E-state index contributed by atoms with van der Waals surface area (Å²) in [7, 11) is 0. The van der Waals surface area contributed by atoms with Crippen LogP contribution >= 0.6 is 15.9 Å². The van der Waals surface area contributed by atoms with E-state index in [1.165, 1.54) is 0 Å². The fraction of sp³-hybridized carbons (Fsp3) is 0.227. The minimum atomic E-state index is -0.323. The van der Waals surface area contributed by atoms with Crippen LogP contribution in [0.3, 0.4) is 0 Å². The van der Waals surface area contributed by atoms with Gasteiger partial charge in [-0.05, 0) is 29.8 Å². The zero-order valence-corrected chi connectivity index (χ0v) is 17.7. The molecule has 1 aliphatic heterocycles. The van der Waals surface area contributed by atoms with Crippen molar-refractivity contribution in [2.75, 3.05) is 31.2 Å². The van der Waals surface area contributed by atoms with Gasteiger partial charge in [0.2, 0.25) is 5.82 Å². The Labute approximate surface area is 181 Å². The van der Waals surface area contributed by atoms with E-state index in [0.29, 0.717) is 49.8 Å². The first-order valence-corrected chi connectivity index (χ1v) is 10.5. The molecule has 1 fully saturated rings. The summed E-state index contributed by atoms with van der Waals surface area (Å²) >= 11 is 3.45. The van der Waals surface area contributed by atoms with E-state index in [0.717, 1.165) is 21.0 Å². The van der Waals surface area contributed by atoms with Crippen LogP contribution in [0.4, 0.5) is 5.82 Å². The van der Waals surface area contributed by atoms with Crippen LogP contribution < -0.4 is 10.2 Å². The van der Waals surface area contributed by atoms with Crippen LogP contribution in [0.5, 0.6) is 0 Å². The predicted octanol–water partition coefficient (Wildman–Crippen LogP) is 3.91. The number of fused-ring (bicyclic) bond motifs is 3. The molecule has 0 spiro atoms. The normalized spacial score (nSPS) is 14.4. The Bertz CT molecular complexity index is 1230. The molecule has 0 atom stereocenters. The number of benzene rings is 2. The standard InChI is InChI=1S/C22H19BrN4O3/c23-15-5-3-4-14(12-15)13-24-22(28)20-25-18-16-6-1-2-7-17(16)30-19(18)21(26-20)27-8-10-29-11-9-27/h1-7,12H,8-11,13H2,(H,24,28). The van der Waals surface area contributed by atoms with Crippen LogP contribution in [0, 0.1) is 0 Å². The van der Waals surface area contributed by atoms with E-state index in [1.807, 2.05) is 48.5 Å². The summed E-state index contributed by atoms with van der Waals surface area (Å²) in [4.78, 5) is 24.2. The van der Waals surface area contributed by atoms with Crippen LogP contribution in [0.2, 0.25) is 0 Å². The Morgan fingerprint density at radius 3 is 2.77 bits per heavy atom. The number of carbonyl (C=O) groups excluding carboxylic acids is 1. The summed E-state index contributed by atoms with van der Waals surface area (Å²) in [6, 6.07) is 15.5. The van der Waals surface area contributed by atoms with Crippen molar-refractivity contribution in [3.8, 4) is 0 Å². The lowest BCUT2D eigenvalue weighted by Gasteiger charge is -2.27. The van der Waals surface area contributed by atoms with Crippen molar-refractivity contribution in [3.63, 3.8) is 0 Å². The molecule has 1 N–H and O–H groups in total. The Balaban J connectivity index is 1.54. The summed E-state index contributed by atoms with van der Waals surface area (Å²) in [5.74, 6) is 0.439. The van der Waals surface area contributed by atoms with E-state index < -0.39 is 0 Å². The van der Waals surface area contributed by atoms with E-state index in [1.54, 1.807) is 0 Å². The smallest absolute Gasteiger partial charge is 0.289 e. The van der Waals surface area contributed by atoms with Crippen LogP contribution in [-0.2, 0) is 11.3 Å². The second-order valence-corrected chi connectivity index (χ2v) is 7.97. The highest BCUT2D eigenvalue weighted by Gasteiger charge is 2.24. The monoisotopic (exact) mass is 466 g/mol. The predicted molar refractivity (Wildman–Crippen MR) is 118 cm³/mol. The number of furan rings is 1. The molecular weight excluding hydrogens is 448 g/mol. The van der Waals surface area contributed by atoms with Gasteiger partial charge < -0.3 is 19.4 Å².